The summed E-state index contributed by atoms with van der Waals surface area (Å²) >= 11 is 0. The molecular weight excluding hydrogens is 356 g/mol. The lowest BCUT2D eigenvalue weighted by atomic mass is 10.1. The average molecular weight is 378 g/mol. The minimum absolute atomic E-state index is 0.0242. The monoisotopic (exact) mass is 378 g/mol. The summed E-state index contributed by atoms with van der Waals surface area (Å²) in [6, 6.07) is 1.79. The summed E-state index contributed by atoms with van der Waals surface area (Å²) in [7, 11) is -6.68. The Hall–Kier alpha value is -1.46. The number of aromatic nitrogens is 2. The maximum Gasteiger partial charge on any atom is 0.238 e. The molecule has 1 aliphatic heterocycles. The summed E-state index contributed by atoms with van der Waals surface area (Å²) in [6.45, 7) is 1.47. The zero-order valence-electron chi connectivity index (χ0n) is 13.7. The summed E-state index contributed by atoms with van der Waals surface area (Å²) in [6.07, 6.45) is 4.27. The molecule has 0 saturated heterocycles. The first-order chi connectivity index (χ1) is 11.0. The number of sulfonamides is 1. The molecule has 2 heterocycles. The summed E-state index contributed by atoms with van der Waals surface area (Å²) in [5.41, 5.74) is 0.829. The largest absolute Gasteiger partial charge is 0.336 e. The highest BCUT2D eigenvalue weighted by Crippen LogP contribution is 2.18. The third kappa shape index (κ3) is 5.87. The molecule has 1 amide bonds. The highest BCUT2D eigenvalue weighted by Gasteiger charge is 2.27. The zero-order chi connectivity index (χ0) is 18.0. The molecule has 24 heavy (non-hydrogen) atoms. The van der Waals surface area contributed by atoms with Crippen molar-refractivity contribution in [2.24, 2.45) is 5.92 Å². The molecule has 1 aromatic heterocycles. The van der Waals surface area contributed by atoms with Crippen LogP contribution in [0.1, 0.15) is 12.1 Å². The summed E-state index contributed by atoms with van der Waals surface area (Å²) in [5, 5.41) is 4.21. The second-order valence-electron chi connectivity index (χ2n) is 6.17. The van der Waals surface area contributed by atoms with Crippen LogP contribution in [0.3, 0.4) is 0 Å². The fourth-order valence-electron chi connectivity index (χ4n) is 2.67. The molecule has 1 atom stereocenters. The number of carbonyl (C=O) groups excluding carboxylic acids is 1. The Kier molecular flexibility index (Phi) is 5.66. The number of rotatable bonds is 6. The summed E-state index contributed by atoms with van der Waals surface area (Å²) < 4.78 is 49.3. The highest BCUT2D eigenvalue weighted by atomic mass is 32.2. The molecule has 1 unspecified atom stereocenters. The van der Waals surface area contributed by atoms with Crippen LogP contribution in [0.5, 0.6) is 0 Å². The number of hydrogen-bond donors (Lipinski definition) is 1. The molecule has 0 radical (unpaired) electrons. The van der Waals surface area contributed by atoms with Gasteiger partial charge >= 0.3 is 0 Å². The van der Waals surface area contributed by atoms with Gasteiger partial charge in [0.25, 0.3) is 0 Å². The van der Waals surface area contributed by atoms with Crippen LogP contribution in [0.15, 0.2) is 12.3 Å². The molecule has 0 aliphatic carbocycles. The van der Waals surface area contributed by atoms with Gasteiger partial charge in [0.2, 0.25) is 15.9 Å². The SMILES string of the molecule is CS(=O)(=O)CC(=O)N1Cc2ccnn2CC(CCNS(C)(=O)=O)C1. The Morgan fingerprint density at radius 3 is 2.62 bits per heavy atom. The molecule has 0 bridgehead atoms. The Labute approximate surface area is 142 Å². The van der Waals surface area contributed by atoms with Gasteiger partial charge < -0.3 is 4.90 Å². The van der Waals surface area contributed by atoms with Gasteiger partial charge in [0.05, 0.1) is 18.5 Å². The summed E-state index contributed by atoms with van der Waals surface area (Å²) in [5.74, 6) is -1.01. The Bertz CT molecular complexity index is 800. The number of amides is 1. The lowest BCUT2D eigenvalue weighted by Gasteiger charge is -2.24. The van der Waals surface area contributed by atoms with E-state index in [9.17, 15) is 21.6 Å². The van der Waals surface area contributed by atoms with Gasteiger partial charge in [-0.15, -0.1) is 0 Å². The lowest BCUT2D eigenvalue weighted by Crippen LogP contribution is -2.38. The molecule has 136 valence electrons. The van der Waals surface area contributed by atoms with Gasteiger partial charge in [-0.1, -0.05) is 0 Å². The minimum Gasteiger partial charge on any atom is -0.336 e. The molecule has 11 heteroatoms. The first kappa shape index (κ1) is 18.9. The Balaban J connectivity index is 2.10. The molecule has 1 aliphatic rings. The number of nitrogens with zero attached hydrogens (tertiary/aromatic N) is 3. The molecule has 1 N–H and O–H groups in total. The Morgan fingerprint density at radius 1 is 1.29 bits per heavy atom. The van der Waals surface area contributed by atoms with Crippen LogP contribution >= 0.6 is 0 Å². The molecule has 0 aromatic carbocycles. The maximum absolute atomic E-state index is 12.3. The lowest BCUT2D eigenvalue weighted by molar-refractivity contribution is -0.129. The van der Waals surface area contributed by atoms with Gasteiger partial charge in [-0.05, 0) is 18.4 Å². The second-order valence-corrected chi connectivity index (χ2v) is 10.1. The topological polar surface area (TPSA) is 118 Å². The van der Waals surface area contributed by atoms with Crippen molar-refractivity contribution in [3.05, 3.63) is 18.0 Å². The maximum atomic E-state index is 12.3. The van der Waals surface area contributed by atoms with Crippen molar-refractivity contribution in [1.29, 1.82) is 0 Å². The third-order valence-corrected chi connectivity index (χ3v) is 5.22. The molecule has 2 rings (SSSR count). The Morgan fingerprint density at radius 2 is 2.00 bits per heavy atom. The van der Waals surface area contributed by atoms with E-state index in [1.54, 1.807) is 16.9 Å². The molecule has 0 saturated carbocycles. The van der Waals surface area contributed by atoms with Crippen molar-refractivity contribution in [3.63, 3.8) is 0 Å². The second kappa shape index (κ2) is 7.19. The van der Waals surface area contributed by atoms with Crippen LogP contribution in [0, 0.1) is 5.92 Å². The number of carbonyl (C=O) groups is 1. The number of hydrogen-bond acceptors (Lipinski definition) is 6. The average Bonchev–Trinajstić information content (AvgIpc) is 2.74. The van der Waals surface area contributed by atoms with E-state index in [0.29, 0.717) is 26.1 Å². The van der Waals surface area contributed by atoms with Gasteiger partial charge in [-0.2, -0.15) is 5.10 Å². The zero-order valence-corrected chi connectivity index (χ0v) is 15.3. The highest BCUT2D eigenvalue weighted by molar-refractivity contribution is 7.91. The molecule has 1 aromatic rings. The van der Waals surface area contributed by atoms with Crippen LogP contribution in [-0.4, -0.2) is 68.8 Å². The van der Waals surface area contributed by atoms with E-state index >= 15 is 0 Å². The van der Waals surface area contributed by atoms with Gasteiger partial charge in [0, 0.05) is 32.1 Å². The van der Waals surface area contributed by atoms with Crippen molar-refractivity contribution in [2.45, 2.75) is 19.5 Å². The van der Waals surface area contributed by atoms with Gasteiger partial charge in [-0.25, -0.2) is 21.6 Å². The smallest absolute Gasteiger partial charge is 0.238 e. The number of fused-ring (bicyclic) bond motifs is 1. The van der Waals surface area contributed by atoms with Crippen molar-refractivity contribution < 1.29 is 21.6 Å². The van der Waals surface area contributed by atoms with Crippen molar-refractivity contribution in [1.82, 2.24) is 19.4 Å². The van der Waals surface area contributed by atoms with Crippen LogP contribution < -0.4 is 4.72 Å². The van der Waals surface area contributed by atoms with Crippen LogP contribution in [-0.2, 0) is 37.7 Å². The fourth-order valence-corrected chi connectivity index (χ4v) is 3.79. The quantitative estimate of drug-likeness (QED) is 0.666. The van der Waals surface area contributed by atoms with Gasteiger partial charge in [0.1, 0.15) is 5.75 Å². The van der Waals surface area contributed by atoms with Gasteiger partial charge in [0.15, 0.2) is 9.84 Å². The third-order valence-electron chi connectivity index (χ3n) is 3.72. The van der Waals surface area contributed by atoms with Crippen LogP contribution in [0.4, 0.5) is 0 Å². The van der Waals surface area contributed by atoms with E-state index in [2.05, 4.69) is 9.82 Å². The number of nitrogens with one attached hydrogen (secondary N) is 1. The van der Waals surface area contributed by atoms with E-state index in [0.717, 1.165) is 18.2 Å². The van der Waals surface area contributed by atoms with Crippen LogP contribution in [0.25, 0.3) is 0 Å². The fraction of sp³-hybridized carbons (Fsp3) is 0.692. The first-order valence-corrected chi connectivity index (χ1v) is 11.4. The minimum atomic E-state index is -3.41. The molecular formula is C13H22N4O5S2. The van der Waals surface area contributed by atoms with E-state index in [-0.39, 0.29) is 12.5 Å². The van der Waals surface area contributed by atoms with E-state index in [1.165, 1.54) is 4.90 Å². The van der Waals surface area contributed by atoms with E-state index < -0.39 is 31.5 Å². The van der Waals surface area contributed by atoms with Crippen LogP contribution in [0.2, 0.25) is 0 Å². The predicted octanol–water partition coefficient (Wildman–Crippen LogP) is -1.17. The number of sulfone groups is 1. The van der Waals surface area contributed by atoms with Crippen molar-refractivity contribution in [2.75, 3.05) is 31.4 Å². The summed E-state index contributed by atoms with van der Waals surface area (Å²) in [4.78, 5) is 13.8. The first-order valence-electron chi connectivity index (χ1n) is 7.44. The van der Waals surface area contributed by atoms with Crippen molar-refractivity contribution in [3.8, 4) is 0 Å². The van der Waals surface area contributed by atoms with Gasteiger partial charge in [-0.3, -0.25) is 9.48 Å². The van der Waals surface area contributed by atoms with Crippen molar-refractivity contribution >= 4 is 25.8 Å². The van der Waals surface area contributed by atoms with E-state index in [4.69, 9.17) is 0 Å². The standard InChI is InChI=1S/C13H22N4O5S2/c1-23(19,20)10-13(18)16-7-11(3-6-15-24(2,21)22)8-17-12(9-16)4-5-14-17/h4-5,11,15H,3,6-10H2,1-2H3. The normalized spacial score (nSPS) is 18.9. The van der Waals surface area contributed by atoms with E-state index in [1.807, 2.05) is 0 Å². The molecule has 9 nitrogen and oxygen atoms in total. The molecule has 0 spiro atoms. The molecule has 0 fully saturated rings. The predicted molar refractivity (Wildman–Crippen MR) is 88.3 cm³/mol.